The van der Waals surface area contributed by atoms with E-state index in [0.29, 0.717) is 11.7 Å². The SMILES string of the molecule is CCOc1c(/C(C)=C/C(=O)Nc2nc3ccccc3s2)cc2c(C)coc2c1C. The number of furan rings is 1. The summed E-state index contributed by atoms with van der Waals surface area (Å²) in [6.07, 6.45) is 3.33. The second-order valence-electron chi connectivity index (χ2n) is 6.91. The van der Waals surface area contributed by atoms with Crippen molar-refractivity contribution in [2.24, 2.45) is 0 Å². The van der Waals surface area contributed by atoms with Gasteiger partial charge in [0.25, 0.3) is 0 Å². The van der Waals surface area contributed by atoms with Crippen molar-refractivity contribution < 1.29 is 13.9 Å². The number of para-hydroxylation sites is 1. The third-order valence-electron chi connectivity index (χ3n) is 4.82. The number of thiazole rings is 1. The first-order valence-corrected chi connectivity index (χ1v) is 10.3. The summed E-state index contributed by atoms with van der Waals surface area (Å²) in [6.45, 7) is 8.38. The summed E-state index contributed by atoms with van der Waals surface area (Å²) < 4.78 is 12.6. The number of aryl methyl sites for hydroxylation is 2. The quantitative estimate of drug-likeness (QED) is 0.407. The van der Waals surface area contributed by atoms with Gasteiger partial charge in [0.1, 0.15) is 11.3 Å². The summed E-state index contributed by atoms with van der Waals surface area (Å²) in [6, 6.07) is 9.85. The second kappa shape index (κ2) is 7.72. The third-order valence-corrected chi connectivity index (χ3v) is 5.77. The number of amides is 1. The van der Waals surface area contributed by atoms with Crippen LogP contribution in [0.4, 0.5) is 5.13 Å². The van der Waals surface area contributed by atoms with Crippen molar-refractivity contribution in [2.75, 3.05) is 11.9 Å². The molecule has 0 aliphatic rings. The molecule has 1 amide bonds. The highest BCUT2D eigenvalue weighted by Gasteiger charge is 2.17. The van der Waals surface area contributed by atoms with Crippen LogP contribution in [0.15, 0.2) is 47.1 Å². The van der Waals surface area contributed by atoms with Gasteiger partial charge in [-0.3, -0.25) is 10.1 Å². The zero-order chi connectivity index (χ0) is 20.5. The first-order valence-electron chi connectivity index (χ1n) is 9.47. The number of fused-ring (bicyclic) bond motifs is 2. The summed E-state index contributed by atoms with van der Waals surface area (Å²) >= 11 is 1.46. The maximum atomic E-state index is 12.6. The van der Waals surface area contributed by atoms with E-state index in [1.54, 1.807) is 12.3 Å². The number of hydrogen-bond donors (Lipinski definition) is 1. The summed E-state index contributed by atoms with van der Waals surface area (Å²) in [4.78, 5) is 17.1. The second-order valence-corrected chi connectivity index (χ2v) is 7.94. The summed E-state index contributed by atoms with van der Waals surface area (Å²) in [5, 5.41) is 4.49. The molecule has 0 spiro atoms. The lowest BCUT2D eigenvalue weighted by molar-refractivity contribution is -0.111. The van der Waals surface area contributed by atoms with Gasteiger partial charge >= 0.3 is 0 Å². The molecule has 0 saturated carbocycles. The van der Waals surface area contributed by atoms with Crippen LogP contribution >= 0.6 is 11.3 Å². The fourth-order valence-electron chi connectivity index (χ4n) is 3.40. The van der Waals surface area contributed by atoms with Gasteiger partial charge in [-0.05, 0) is 57.0 Å². The van der Waals surface area contributed by atoms with Crippen LogP contribution in [0, 0.1) is 13.8 Å². The molecule has 0 fully saturated rings. The van der Waals surface area contributed by atoms with Gasteiger partial charge in [-0.25, -0.2) is 4.98 Å². The van der Waals surface area contributed by atoms with E-state index in [0.717, 1.165) is 49.2 Å². The highest BCUT2D eigenvalue weighted by Crippen LogP contribution is 2.37. The van der Waals surface area contributed by atoms with Crippen molar-refractivity contribution in [3.63, 3.8) is 0 Å². The van der Waals surface area contributed by atoms with Gasteiger partial charge in [0.2, 0.25) is 5.91 Å². The zero-order valence-corrected chi connectivity index (χ0v) is 17.6. The predicted octanol–water partition coefficient (Wildman–Crippen LogP) is 6.10. The van der Waals surface area contributed by atoms with E-state index < -0.39 is 0 Å². The Bertz CT molecular complexity index is 1220. The number of nitrogens with one attached hydrogen (secondary N) is 1. The molecule has 5 nitrogen and oxygen atoms in total. The van der Waals surface area contributed by atoms with Crippen molar-refractivity contribution in [1.82, 2.24) is 4.98 Å². The highest BCUT2D eigenvalue weighted by molar-refractivity contribution is 7.22. The van der Waals surface area contributed by atoms with E-state index in [-0.39, 0.29) is 5.91 Å². The molecule has 0 aliphatic heterocycles. The molecule has 148 valence electrons. The molecule has 6 heteroatoms. The standard InChI is InChI=1S/C23H22N2O3S/c1-5-27-21-15(4)22-17(14(3)12-28-22)11-16(21)13(2)10-20(26)25-23-24-18-8-6-7-9-19(18)29-23/h6-12H,5H2,1-4H3,(H,24,25,26)/b13-10+. The Morgan fingerprint density at radius 2 is 2.10 bits per heavy atom. The van der Waals surface area contributed by atoms with Crippen molar-refractivity contribution in [3.05, 3.63) is 59.4 Å². The number of anilines is 1. The van der Waals surface area contributed by atoms with Crippen LogP contribution in [0.25, 0.3) is 26.8 Å². The minimum absolute atomic E-state index is 0.217. The van der Waals surface area contributed by atoms with E-state index in [1.807, 2.05) is 58.0 Å². The first-order chi connectivity index (χ1) is 14.0. The smallest absolute Gasteiger partial charge is 0.250 e. The normalized spacial score (nSPS) is 11.9. The Hall–Kier alpha value is -3.12. The maximum Gasteiger partial charge on any atom is 0.250 e. The van der Waals surface area contributed by atoms with Crippen LogP contribution in [-0.2, 0) is 4.79 Å². The van der Waals surface area contributed by atoms with Gasteiger partial charge < -0.3 is 9.15 Å². The largest absolute Gasteiger partial charge is 0.493 e. The Morgan fingerprint density at radius 3 is 2.86 bits per heavy atom. The van der Waals surface area contributed by atoms with E-state index in [4.69, 9.17) is 9.15 Å². The molecule has 2 heterocycles. The molecule has 4 rings (SSSR count). The number of rotatable bonds is 5. The molecular formula is C23H22N2O3S. The molecule has 2 aromatic carbocycles. The molecule has 0 saturated heterocycles. The Morgan fingerprint density at radius 1 is 1.31 bits per heavy atom. The molecular weight excluding hydrogens is 384 g/mol. The topological polar surface area (TPSA) is 64.4 Å². The lowest BCUT2D eigenvalue weighted by Gasteiger charge is -2.14. The molecule has 4 aromatic rings. The van der Waals surface area contributed by atoms with E-state index >= 15 is 0 Å². The summed E-state index contributed by atoms with van der Waals surface area (Å²) in [5.41, 5.74) is 5.40. The summed E-state index contributed by atoms with van der Waals surface area (Å²) in [5.74, 6) is 0.529. The average Bonchev–Trinajstić information content (AvgIpc) is 3.26. The molecule has 0 atom stereocenters. The lowest BCUT2D eigenvalue weighted by Crippen LogP contribution is -2.08. The number of aromatic nitrogens is 1. The minimum atomic E-state index is -0.217. The molecule has 0 radical (unpaired) electrons. The predicted molar refractivity (Wildman–Crippen MR) is 119 cm³/mol. The minimum Gasteiger partial charge on any atom is -0.493 e. The number of benzene rings is 2. The molecule has 0 aliphatic carbocycles. The van der Waals surface area contributed by atoms with Gasteiger partial charge in [0.15, 0.2) is 5.13 Å². The number of carbonyl (C=O) groups is 1. The zero-order valence-electron chi connectivity index (χ0n) is 16.8. The van der Waals surface area contributed by atoms with Crippen molar-refractivity contribution in [2.45, 2.75) is 27.7 Å². The van der Waals surface area contributed by atoms with Gasteiger partial charge in [-0.15, -0.1) is 0 Å². The van der Waals surface area contributed by atoms with Gasteiger partial charge in [0, 0.05) is 22.6 Å². The Labute approximate surface area is 173 Å². The lowest BCUT2D eigenvalue weighted by atomic mass is 9.98. The number of carbonyl (C=O) groups excluding carboxylic acids is 1. The molecule has 1 N–H and O–H groups in total. The maximum absolute atomic E-state index is 12.6. The van der Waals surface area contributed by atoms with Crippen molar-refractivity contribution >= 4 is 49.1 Å². The first kappa shape index (κ1) is 19.2. The molecule has 0 unspecified atom stereocenters. The number of allylic oxidation sites excluding steroid dienone is 1. The van der Waals surface area contributed by atoms with Crippen molar-refractivity contribution in [1.29, 1.82) is 0 Å². The monoisotopic (exact) mass is 406 g/mol. The van der Waals surface area contributed by atoms with Crippen LogP contribution in [0.5, 0.6) is 5.75 Å². The molecule has 2 aromatic heterocycles. The van der Waals surface area contributed by atoms with E-state index in [1.165, 1.54) is 11.3 Å². The number of hydrogen-bond acceptors (Lipinski definition) is 5. The Balaban J connectivity index is 1.68. The molecule has 0 bridgehead atoms. The Kier molecular flexibility index (Phi) is 5.11. The average molecular weight is 407 g/mol. The van der Waals surface area contributed by atoms with Gasteiger partial charge in [-0.1, -0.05) is 23.5 Å². The van der Waals surface area contributed by atoms with Crippen molar-refractivity contribution in [3.8, 4) is 5.75 Å². The van der Waals surface area contributed by atoms with Crippen LogP contribution < -0.4 is 10.1 Å². The van der Waals surface area contributed by atoms with Crippen LogP contribution in [0.1, 0.15) is 30.5 Å². The van der Waals surface area contributed by atoms with Crippen LogP contribution in [0.2, 0.25) is 0 Å². The van der Waals surface area contributed by atoms with E-state index in [2.05, 4.69) is 10.3 Å². The van der Waals surface area contributed by atoms with E-state index in [9.17, 15) is 4.79 Å². The fraction of sp³-hybridized carbons (Fsp3) is 0.217. The van der Waals surface area contributed by atoms with Gasteiger partial charge in [0.05, 0.1) is 23.1 Å². The molecule has 29 heavy (non-hydrogen) atoms. The van der Waals surface area contributed by atoms with Gasteiger partial charge in [-0.2, -0.15) is 0 Å². The third kappa shape index (κ3) is 3.63. The highest BCUT2D eigenvalue weighted by atomic mass is 32.1. The number of nitrogens with zero attached hydrogens (tertiary/aromatic N) is 1. The fourth-order valence-corrected chi connectivity index (χ4v) is 4.27. The van der Waals surface area contributed by atoms with Crippen LogP contribution in [0.3, 0.4) is 0 Å². The summed E-state index contributed by atoms with van der Waals surface area (Å²) in [7, 11) is 0. The number of ether oxygens (including phenoxy) is 1. The van der Waals surface area contributed by atoms with Crippen LogP contribution in [-0.4, -0.2) is 17.5 Å².